The highest BCUT2D eigenvalue weighted by Crippen LogP contribution is 2.51. The van der Waals surface area contributed by atoms with Crippen molar-refractivity contribution >= 4 is 84.7 Å². The monoisotopic (exact) mass is 682 g/mol. The molecule has 3 heterocycles. The van der Waals surface area contributed by atoms with Crippen molar-refractivity contribution in [2.45, 2.75) is 49.9 Å². The molecule has 10 nitrogen and oxygen atoms in total. The quantitative estimate of drug-likeness (QED) is 0.140. The van der Waals surface area contributed by atoms with Crippen LogP contribution >= 0.6 is 50.3 Å². The van der Waals surface area contributed by atoms with E-state index in [1.807, 2.05) is 22.6 Å². The van der Waals surface area contributed by atoms with Crippen molar-refractivity contribution in [3.8, 4) is 0 Å². The van der Waals surface area contributed by atoms with Crippen LogP contribution < -0.4 is 4.90 Å². The van der Waals surface area contributed by atoms with Gasteiger partial charge in [0.1, 0.15) is 16.8 Å². The Morgan fingerprint density at radius 3 is 2.63 bits per heavy atom. The average Bonchev–Trinajstić information content (AvgIpc) is 3.34. The topological polar surface area (TPSA) is 126 Å². The number of pyridine rings is 1. The van der Waals surface area contributed by atoms with Gasteiger partial charge < -0.3 is 14.7 Å². The highest BCUT2D eigenvalue weighted by atomic mass is 127. The van der Waals surface area contributed by atoms with Gasteiger partial charge in [-0.2, -0.15) is 0 Å². The van der Waals surface area contributed by atoms with Crippen LogP contribution in [0.1, 0.15) is 27.2 Å². The van der Waals surface area contributed by atoms with Crippen LogP contribution in [0, 0.1) is 25.4 Å². The Bertz CT molecular complexity index is 1280. The Kier molecular flexibility index (Phi) is 6.85. The fourth-order valence-electron chi connectivity index (χ4n) is 4.67. The molecule has 35 heavy (non-hydrogen) atoms. The molecule has 3 fully saturated rings. The van der Waals surface area contributed by atoms with Gasteiger partial charge in [-0.05, 0) is 78.0 Å². The van der Waals surface area contributed by atoms with E-state index in [-0.39, 0.29) is 38.6 Å². The van der Waals surface area contributed by atoms with E-state index in [0.717, 1.165) is 16.7 Å². The molecule has 2 amide bonds. The Labute approximate surface area is 226 Å². The van der Waals surface area contributed by atoms with Gasteiger partial charge in [-0.1, -0.05) is 0 Å². The zero-order valence-electron chi connectivity index (χ0n) is 19.0. The zero-order valence-corrected chi connectivity index (χ0v) is 23.6. The maximum absolute atomic E-state index is 15.3. The molecule has 3 atom stereocenters. The molecule has 1 aliphatic carbocycles. The number of rotatable bonds is 4. The molecule has 5 rings (SSSR count). The van der Waals surface area contributed by atoms with Crippen molar-refractivity contribution in [3.63, 3.8) is 0 Å². The number of hydrogen-bond acceptors (Lipinski definition) is 7. The normalized spacial score (nSPS) is 21.1. The summed E-state index contributed by atoms with van der Waals surface area (Å²) in [6, 6.07) is 0.254. The van der Waals surface area contributed by atoms with Crippen molar-refractivity contribution in [1.82, 2.24) is 9.88 Å². The van der Waals surface area contributed by atoms with Crippen LogP contribution in [0.5, 0.6) is 0 Å². The van der Waals surface area contributed by atoms with E-state index in [0.29, 0.717) is 9.99 Å². The molecule has 0 spiro atoms. The van der Waals surface area contributed by atoms with Gasteiger partial charge in [-0.15, -0.1) is 11.8 Å². The van der Waals surface area contributed by atoms with E-state index in [1.54, 1.807) is 27.0 Å². The highest BCUT2D eigenvalue weighted by Gasteiger charge is 2.59. The molecule has 14 heteroatoms. The van der Waals surface area contributed by atoms with Gasteiger partial charge in [0.05, 0.1) is 21.5 Å². The smallest absolute Gasteiger partial charge is 0.415 e. The van der Waals surface area contributed by atoms with Gasteiger partial charge in [0.2, 0.25) is 0 Å². The van der Waals surface area contributed by atoms with E-state index in [9.17, 15) is 24.8 Å². The largest absolute Gasteiger partial charge is 0.465 e. The minimum Gasteiger partial charge on any atom is -0.465 e. The molecule has 1 aromatic heterocycles. The van der Waals surface area contributed by atoms with Gasteiger partial charge >= 0.3 is 17.9 Å². The van der Waals surface area contributed by atoms with Crippen molar-refractivity contribution in [1.29, 1.82) is 0 Å². The lowest BCUT2D eigenvalue weighted by atomic mass is 9.78. The predicted molar refractivity (Wildman–Crippen MR) is 140 cm³/mol. The molecule has 3 aliphatic rings. The minimum absolute atomic E-state index is 0.0682. The third kappa shape index (κ3) is 4.41. The molecule has 1 saturated carbocycles. The first kappa shape index (κ1) is 26.1. The number of nitro groups is 1. The fraction of sp³-hybridized carbons (Fsp3) is 0.476. The Hall–Kier alpha value is -1.94. The Morgan fingerprint density at radius 2 is 2.11 bits per heavy atom. The van der Waals surface area contributed by atoms with Crippen molar-refractivity contribution in [2.75, 3.05) is 17.7 Å². The first-order chi connectivity index (χ1) is 16.3. The van der Waals surface area contributed by atoms with Crippen LogP contribution in [0.2, 0.25) is 0 Å². The van der Waals surface area contributed by atoms with Crippen LogP contribution in [0.25, 0.3) is 10.9 Å². The summed E-state index contributed by atoms with van der Waals surface area (Å²) in [7, 11) is 0. The highest BCUT2D eigenvalue weighted by molar-refractivity contribution is 14.1. The number of carboxylic acid groups (broad SMARTS) is 1. The van der Waals surface area contributed by atoms with Crippen LogP contribution in [0.3, 0.4) is 0 Å². The molecule has 2 saturated heterocycles. The molecular formula is C21H21BrFIN4O6S. The summed E-state index contributed by atoms with van der Waals surface area (Å²) in [6.07, 6.45) is 0.0830. The second-order valence-corrected chi connectivity index (χ2v) is 12.0. The lowest BCUT2D eigenvalue weighted by Gasteiger charge is -2.43. The maximum atomic E-state index is 15.3. The second kappa shape index (κ2) is 9.18. The number of ether oxygens (including phenoxy) is 1. The van der Waals surface area contributed by atoms with E-state index in [1.165, 1.54) is 11.0 Å². The van der Waals surface area contributed by atoms with E-state index in [2.05, 4.69) is 20.9 Å². The molecule has 2 aliphatic heterocycles. The van der Waals surface area contributed by atoms with Crippen LogP contribution in [-0.2, 0) is 4.74 Å². The number of halogens is 3. The summed E-state index contributed by atoms with van der Waals surface area (Å²) in [4.78, 5) is 43.7. The van der Waals surface area contributed by atoms with Gasteiger partial charge in [-0.25, -0.2) is 19.0 Å². The number of hydrogen-bond donors (Lipinski definition) is 1. The number of carbonyl (C=O) groups is 2. The standard InChI is InChI=1S/C21H21BrFIN4O6S/c1-21(2,3)34-20(31)27(15-8-5-11(15)26(7-8)19(29)30)16-9-6-10(24)12(22)13(23)14(9)25-18(35-4)17(16)28(32)33/h6,8,11,15H,5,7H2,1-4H3,(H,29,30)/t8-,11-,15+/m1/s1. The molecule has 1 N–H and O–H groups in total. The van der Waals surface area contributed by atoms with Crippen molar-refractivity contribution in [2.24, 2.45) is 5.92 Å². The van der Waals surface area contributed by atoms with Gasteiger partial charge in [0.25, 0.3) is 0 Å². The van der Waals surface area contributed by atoms with Crippen molar-refractivity contribution < 1.29 is 28.7 Å². The van der Waals surface area contributed by atoms with Gasteiger partial charge in [0.15, 0.2) is 10.8 Å². The summed E-state index contributed by atoms with van der Waals surface area (Å²) in [5.41, 5.74) is -1.68. The number of benzene rings is 1. The maximum Gasteiger partial charge on any atom is 0.415 e. The van der Waals surface area contributed by atoms with Crippen LogP contribution in [-0.4, -0.2) is 62.6 Å². The summed E-state index contributed by atoms with van der Waals surface area (Å²) in [5.74, 6) is -0.963. The van der Waals surface area contributed by atoms with Gasteiger partial charge in [-0.3, -0.25) is 15.0 Å². The number of aromatic nitrogens is 1. The number of carbonyl (C=O) groups excluding carboxylic acids is 1. The fourth-order valence-corrected chi connectivity index (χ4v) is 6.07. The van der Waals surface area contributed by atoms with Crippen molar-refractivity contribution in [3.05, 3.63) is 30.0 Å². The first-order valence-corrected chi connectivity index (χ1v) is 13.6. The molecule has 188 valence electrons. The average molecular weight is 683 g/mol. The number of amides is 2. The third-order valence-corrected chi connectivity index (χ3v) is 9.07. The molecule has 0 unspecified atom stereocenters. The Morgan fingerprint density at radius 1 is 1.46 bits per heavy atom. The van der Waals surface area contributed by atoms with Crippen LogP contribution in [0.4, 0.5) is 25.4 Å². The third-order valence-electron chi connectivity index (χ3n) is 6.04. The number of anilines is 1. The van der Waals surface area contributed by atoms with E-state index < -0.39 is 46.3 Å². The van der Waals surface area contributed by atoms with E-state index in [4.69, 9.17) is 4.74 Å². The molecule has 1 aromatic carbocycles. The molecule has 2 aromatic rings. The number of thioether (sulfide) groups is 1. The lowest BCUT2D eigenvalue weighted by Crippen LogP contribution is -2.58. The molecule has 2 bridgehead atoms. The molecular weight excluding hydrogens is 662 g/mol. The summed E-state index contributed by atoms with van der Waals surface area (Å²) in [5, 5.41) is 22.0. The lowest BCUT2D eigenvalue weighted by molar-refractivity contribution is -0.387. The summed E-state index contributed by atoms with van der Waals surface area (Å²) in [6.45, 7) is 5.17. The first-order valence-electron chi connectivity index (χ1n) is 10.5. The second-order valence-electron chi connectivity index (χ2n) is 9.30. The SMILES string of the molecule is CSc1nc2c(F)c(Br)c(I)cc2c(N(C(=O)OC(C)(C)C)[C@H]2[C@@H]3C[C@H]2N(C(=O)O)C3)c1[N+](=O)[O-]. The Balaban J connectivity index is 2.06. The molecule has 0 radical (unpaired) electrons. The summed E-state index contributed by atoms with van der Waals surface area (Å²) >= 11 is 6.03. The predicted octanol–water partition coefficient (Wildman–Crippen LogP) is 5.86. The van der Waals surface area contributed by atoms with Crippen LogP contribution in [0.15, 0.2) is 15.6 Å². The minimum atomic E-state index is -1.13. The number of nitrogens with zero attached hydrogens (tertiary/aromatic N) is 4. The van der Waals surface area contributed by atoms with E-state index >= 15 is 4.39 Å². The number of fused-ring (bicyclic) bond motifs is 2. The summed E-state index contributed by atoms with van der Waals surface area (Å²) < 4.78 is 21.6. The van der Waals surface area contributed by atoms with Gasteiger partial charge in [0, 0.05) is 21.4 Å². The zero-order chi connectivity index (χ0) is 26.0.